The second-order valence-corrected chi connectivity index (χ2v) is 9.27. The average Bonchev–Trinajstić information content (AvgIpc) is 2.93. The molecule has 4 aromatic carbocycles. The van der Waals surface area contributed by atoms with Gasteiger partial charge in [0, 0.05) is 24.9 Å². The van der Waals surface area contributed by atoms with Crippen molar-refractivity contribution >= 4 is 22.6 Å². The van der Waals surface area contributed by atoms with Crippen molar-refractivity contribution in [2.75, 3.05) is 13.2 Å². The lowest BCUT2D eigenvalue weighted by Gasteiger charge is -2.31. The van der Waals surface area contributed by atoms with E-state index in [1.54, 1.807) is 4.90 Å². The zero-order valence-corrected chi connectivity index (χ0v) is 21.5. The summed E-state index contributed by atoms with van der Waals surface area (Å²) in [4.78, 5) is 28.9. The fourth-order valence-corrected chi connectivity index (χ4v) is 4.47. The van der Waals surface area contributed by atoms with Gasteiger partial charge in [0.1, 0.15) is 11.8 Å². The quantitative estimate of drug-likeness (QED) is 0.291. The number of amides is 2. The molecule has 2 amide bonds. The van der Waals surface area contributed by atoms with Crippen LogP contribution in [-0.2, 0) is 22.6 Å². The second kappa shape index (κ2) is 12.7. The molecule has 0 spiro atoms. The Morgan fingerprint density at radius 2 is 1.57 bits per heavy atom. The summed E-state index contributed by atoms with van der Waals surface area (Å²) in [5, 5.41) is 5.00. The third kappa shape index (κ3) is 6.98. The third-order valence-electron chi connectivity index (χ3n) is 6.36. The molecule has 37 heavy (non-hydrogen) atoms. The Morgan fingerprint density at radius 1 is 0.865 bits per heavy atom. The molecule has 1 N–H and O–H groups in total. The molecule has 1 atom stereocenters. The summed E-state index contributed by atoms with van der Waals surface area (Å²) >= 11 is 0. The van der Waals surface area contributed by atoms with Crippen LogP contribution in [0.1, 0.15) is 30.0 Å². The predicted molar refractivity (Wildman–Crippen MR) is 148 cm³/mol. The topological polar surface area (TPSA) is 58.6 Å². The maximum Gasteiger partial charge on any atom is 0.261 e. The van der Waals surface area contributed by atoms with Gasteiger partial charge in [-0.25, -0.2) is 0 Å². The number of nitrogens with zero attached hydrogens (tertiary/aromatic N) is 1. The van der Waals surface area contributed by atoms with E-state index in [1.807, 2.05) is 105 Å². The van der Waals surface area contributed by atoms with E-state index in [4.69, 9.17) is 4.74 Å². The molecular formula is C32H34N2O3. The maximum absolute atomic E-state index is 13.8. The van der Waals surface area contributed by atoms with Crippen molar-refractivity contribution in [2.24, 2.45) is 0 Å². The highest BCUT2D eigenvalue weighted by Crippen LogP contribution is 2.25. The van der Waals surface area contributed by atoms with Crippen molar-refractivity contribution in [3.05, 3.63) is 114 Å². The zero-order chi connectivity index (χ0) is 26.0. The van der Waals surface area contributed by atoms with Crippen LogP contribution in [0.15, 0.2) is 97.1 Å². The third-order valence-corrected chi connectivity index (χ3v) is 6.36. The first-order valence-corrected chi connectivity index (χ1v) is 12.8. The van der Waals surface area contributed by atoms with E-state index in [1.165, 1.54) is 0 Å². The van der Waals surface area contributed by atoms with Crippen LogP contribution in [0.5, 0.6) is 5.75 Å². The van der Waals surface area contributed by atoms with Gasteiger partial charge in [0.15, 0.2) is 6.61 Å². The van der Waals surface area contributed by atoms with E-state index < -0.39 is 6.04 Å². The number of fused-ring (bicyclic) bond motifs is 1. The molecule has 4 aromatic rings. The van der Waals surface area contributed by atoms with Gasteiger partial charge in [-0.15, -0.1) is 0 Å². The summed E-state index contributed by atoms with van der Waals surface area (Å²) in [6.07, 6.45) is 1.24. The summed E-state index contributed by atoms with van der Waals surface area (Å²) < 4.78 is 6.06. The molecule has 0 bridgehead atoms. The highest BCUT2D eigenvalue weighted by molar-refractivity contribution is 5.90. The van der Waals surface area contributed by atoms with Crippen molar-refractivity contribution in [2.45, 2.75) is 39.3 Å². The molecule has 0 saturated heterocycles. The van der Waals surface area contributed by atoms with Crippen LogP contribution in [0.3, 0.4) is 0 Å². The normalized spacial score (nSPS) is 11.6. The molecule has 0 saturated carbocycles. The zero-order valence-electron chi connectivity index (χ0n) is 21.5. The molecular weight excluding hydrogens is 460 g/mol. The van der Waals surface area contributed by atoms with E-state index in [0.717, 1.165) is 33.9 Å². The first kappa shape index (κ1) is 26.0. The molecule has 5 nitrogen and oxygen atoms in total. The molecule has 0 fully saturated rings. The number of carbonyl (C=O) groups excluding carboxylic acids is 2. The van der Waals surface area contributed by atoms with Gasteiger partial charge < -0.3 is 15.0 Å². The molecule has 0 aromatic heterocycles. The first-order valence-electron chi connectivity index (χ1n) is 12.8. The Labute approximate surface area is 219 Å². The van der Waals surface area contributed by atoms with Gasteiger partial charge in [-0.2, -0.15) is 0 Å². The minimum Gasteiger partial charge on any atom is -0.483 e. The molecule has 0 aliphatic rings. The predicted octanol–water partition coefficient (Wildman–Crippen LogP) is 5.69. The second-order valence-electron chi connectivity index (χ2n) is 9.27. The lowest BCUT2D eigenvalue weighted by Crippen LogP contribution is -2.51. The summed E-state index contributed by atoms with van der Waals surface area (Å²) in [6.45, 7) is 4.75. The number of benzene rings is 4. The first-order chi connectivity index (χ1) is 18.0. The summed E-state index contributed by atoms with van der Waals surface area (Å²) in [5.41, 5.74) is 3.07. The summed E-state index contributed by atoms with van der Waals surface area (Å²) in [7, 11) is 0. The van der Waals surface area contributed by atoms with Crippen LogP contribution >= 0.6 is 0 Å². The van der Waals surface area contributed by atoms with E-state index >= 15 is 0 Å². The van der Waals surface area contributed by atoms with Gasteiger partial charge >= 0.3 is 0 Å². The van der Waals surface area contributed by atoms with Gasteiger partial charge in [-0.1, -0.05) is 103 Å². The average molecular weight is 495 g/mol. The van der Waals surface area contributed by atoms with Crippen molar-refractivity contribution in [1.29, 1.82) is 0 Å². The highest BCUT2D eigenvalue weighted by Gasteiger charge is 2.30. The Balaban J connectivity index is 1.63. The molecule has 190 valence electrons. The fraction of sp³-hybridized carbons (Fsp3) is 0.250. The minimum absolute atomic E-state index is 0.156. The fourth-order valence-electron chi connectivity index (χ4n) is 4.47. The SMILES string of the molecule is CCCNC(=O)[C@@H](Cc1ccccc1)N(Cc1cccc(C)c1)C(=O)COc1cccc2ccccc12. The van der Waals surface area contributed by atoms with Crippen LogP contribution in [0.4, 0.5) is 0 Å². The Kier molecular flexibility index (Phi) is 8.93. The van der Waals surface area contributed by atoms with Gasteiger partial charge in [0.05, 0.1) is 0 Å². The monoisotopic (exact) mass is 494 g/mol. The van der Waals surface area contributed by atoms with Gasteiger partial charge in [-0.3, -0.25) is 9.59 Å². The number of aryl methyl sites for hydroxylation is 1. The Bertz CT molecular complexity index is 1330. The smallest absolute Gasteiger partial charge is 0.261 e. The number of hydrogen-bond donors (Lipinski definition) is 1. The lowest BCUT2D eigenvalue weighted by molar-refractivity contribution is -0.142. The van der Waals surface area contributed by atoms with Crippen LogP contribution in [-0.4, -0.2) is 35.9 Å². The number of rotatable bonds is 11. The van der Waals surface area contributed by atoms with Gasteiger partial charge in [0.2, 0.25) is 5.91 Å². The summed E-state index contributed by atoms with van der Waals surface area (Å²) in [6, 6.07) is 30.9. The number of hydrogen-bond acceptors (Lipinski definition) is 3. The van der Waals surface area contributed by atoms with E-state index in [9.17, 15) is 9.59 Å². The molecule has 0 unspecified atom stereocenters. The van der Waals surface area contributed by atoms with E-state index in [0.29, 0.717) is 25.3 Å². The number of ether oxygens (including phenoxy) is 1. The molecule has 0 heterocycles. The Morgan fingerprint density at radius 3 is 2.35 bits per heavy atom. The standard InChI is InChI=1S/C32H34N2O3/c1-3-19-33-32(36)29(21-25-12-5-4-6-13-25)34(22-26-14-9-11-24(2)20-26)31(35)23-37-30-18-10-16-27-15-7-8-17-28(27)30/h4-18,20,29H,3,19,21-23H2,1-2H3,(H,33,36)/t29-/m1/s1. The molecule has 0 aliphatic heterocycles. The largest absolute Gasteiger partial charge is 0.483 e. The number of nitrogens with one attached hydrogen (secondary N) is 1. The number of carbonyl (C=O) groups is 2. The maximum atomic E-state index is 13.8. The minimum atomic E-state index is -0.668. The van der Waals surface area contributed by atoms with Crippen LogP contribution < -0.4 is 10.1 Å². The lowest BCUT2D eigenvalue weighted by atomic mass is 10.0. The molecule has 5 heteroatoms. The van der Waals surface area contributed by atoms with Crippen molar-refractivity contribution in [3.8, 4) is 5.75 Å². The molecule has 0 aliphatic carbocycles. The molecule has 4 rings (SSSR count). The van der Waals surface area contributed by atoms with Crippen LogP contribution in [0.25, 0.3) is 10.8 Å². The van der Waals surface area contributed by atoms with Crippen molar-refractivity contribution < 1.29 is 14.3 Å². The van der Waals surface area contributed by atoms with Crippen LogP contribution in [0.2, 0.25) is 0 Å². The van der Waals surface area contributed by atoms with E-state index in [-0.39, 0.29) is 18.4 Å². The van der Waals surface area contributed by atoms with Gasteiger partial charge in [0.25, 0.3) is 5.91 Å². The Hall–Kier alpha value is -4.12. The van der Waals surface area contributed by atoms with Gasteiger partial charge in [-0.05, 0) is 35.9 Å². The summed E-state index contributed by atoms with van der Waals surface area (Å²) in [5.74, 6) is 0.260. The van der Waals surface area contributed by atoms with Crippen molar-refractivity contribution in [3.63, 3.8) is 0 Å². The highest BCUT2D eigenvalue weighted by atomic mass is 16.5. The van der Waals surface area contributed by atoms with E-state index in [2.05, 4.69) is 11.4 Å². The molecule has 0 radical (unpaired) electrons. The van der Waals surface area contributed by atoms with Crippen molar-refractivity contribution in [1.82, 2.24) is 10.2 Å². The van der Waals surface area contributed by atoms with Crippen LogP contribution in [0, 0.1) is 6.92 Å².